The summed E-state index contributed by atoms with van der Waals surface area (Å²) >= 11 is 0. The molecule has 1 aromatic rings. The number of halogens is 1. The molecule has 2 heterocycles. The van der Waals surface area contributed by atoms with Crippen molar-refractivity contribution in [1.82, 2.24) is 15.1 Å². The summed E-state index contributed by atoms with van der Waals surface area (Å²) in [5.74, 6) is -0.644. The fraction of sp³-hybridized carbons (Fsp3) is 0.654. The minimum absolute atomic E-state index is 0.0859. The SMILES string of the molecule is CCCC(C(=O)NC=O)N1Cc2cc(O)ccc2C1=O.FC1CC2(C1)CN(C1CCCCC1)C2. The van der Waals surface area contributed by atoms with E-state index in [4.69, 9.17) is 0 Å². The van der Waals surface area contributed by atoms with Gasteiger partial charge in [0.05, 0.1) is 0 Å². The van der Waals surface area contributed by atoms with E-state index < -0.39 is 18.1 Å². The van der Waals surface area contributed by atoms with E-state index in [0.717, 1.165) is 18.9 Å². The van der Waals surface area contributed by atoms with Gasteiger partial charge in [0.15, 0.2) is 0 Å². The number of phenols is 1. The third-order valence-electron chi connectivity index (χ3n) is 7.84. The van der Waals surface area contributed by atoms with E-state index in [9.17, 15) is 23.9 Å². The van der Waals surface area contributed by atoms with Gasteiger partial charge in [0.25, 0.3) is 5.91 Å². The molecule has 0 radical (unpaired) electrons. The smallest absolute Gasteiger partial charge is 0.255 e. The Labute approximate surface area is 200 Å². The number of carbonyl (C=O) groups excluding carboxylic acids is 3. The van der Waals surface area contributed by atoms with Gasteiger partial charge in [-0.3, -0.25) is 24.6 Å². The van der Waals surface area contributed by atoms with E-state index >= 15 is 0 Å². The first-order chi connectivity index (χ1) is 16.4. The van der Waals surface area contributed by atoms with Crippen LogP contribution in [-0.4, -0.2) is 64.5 Å². The van der Waals surface area contributed by atoms with Crippen molar-refractivity contribution in [3.63, 3.8) is 0 Å². The van der Waals surface area contributed by atoms with Crippen molar-refractivity contribution >= 4 is 18.2 Å². The summed E-state index contributed by atoms with van der Waals surface area (Å²) in [5.41, 5.74) is 1.62. The Morgan fingerprint density at radius 3 is 2.59 bits per heavy atom. The van der Waals surface area contributed by atoms with Gasteiger partial charge in [0.2, 0.25) is 12.3 Å². The molecule has 3 amide bonds. The number of imide groups is 1. The Morgan fingerprint density at radius 1 is 1.26 bits per heavy atom. The predicted octanol–water partition coefficient (Wildman–Crippen LogP) is 3.54. The molecule has 1 aromatic carbocycles. The number of phenolic OH excluding ortho intramolecular Hbond substituents is 1. The number of benzene rings is 1. The van der Waals surface area contributed by atoms with Gasteiger partial charge in [-0.2, -0.15) is 0 Å². The number of aromatic hydroxyl groups is 1. The van der Waals surface area contributed by atoms with Crippen LogP contribution in [-0.2, 0) is 16.1 Å². The Hall–Kier alpha value is -2.48. The van der Waals surface area contributed by atoms with E-state index in [1.165, 1.54) is 62.2 Å². The van der Waals surface area contributed by atoms with Crippen LogP contribution in [0.4, 0.5) is 4.39 Å². The molecule has 5 rings (SSSR count). The number of hydrogen-bond donors (Lipinski definition) is 2. The predicted molar refractivity (Wildman–Crippen MR) is 126 cm³/mol. The minimum atomic E-state index is -0.674. The van der Waals surface area contributed by atoms with Gasteiger partial charge in [-0.25, -0.2) is 4.39 Å². The van der Waals surface area contributed by atoms with Crippen molar-refractivity contribution in [3.05, 3.63) is 29.3 Å². The van der Waals surface area contributed by atoms with E-state index in [2.05, 4.69) is 10.2 Å². The van der Waals surface area contributed by atoms with E-state index in [0.29, 0.717) is 35.8 Å². The number of likely N-dealkylation sites (tertiary alicyclic amines) is 1. The standard InChI is InChI=1S/C14H16N2O4.C12H20FN/c1-2-3-12(13(19)15-8-17)16-7-9-6-10(18)4-5-11(9)14(16)20;13-10-6-12(7-10)8-14(9-12)11-4-2-1-3-5-11/h4-6,8,12,18H,2-3,7H2,1H3,(H,15,17,19);10-11H,1-9H2. The third kappa shape index (κ3) is 5.11. The number of hydrogen-bond acceptors (Lipinski definition) is 5. The third-order valence-corrected chi connectivity index (χ3v) is 7.84. The Kier molecular flexibility index (Phi) is 7.55. The van der Waals surface area contributed by atoms with Crippen molar-refractivity contribution in [2.75, 3.05) is 13.1 Å². The van der Waals surface area contributed by atoms with Crippen LogP contribution in [0.2, 0.25) is 0 Å². The molecule has 186 valence electrons. The summed E-state index contributed by atoms with van der Waals surface area (Å²) in [7, 11) is 0. The van der Waals surface area contributed by atoms with Gasteiger partial charge < -0.3 is 10.0 Å². The molecule has 1 saturated heterocycles. The second-order valence-electron chi connectivity index (χ2n) is 10.4. The summed E-state index contributed by atoms with van der Waals surface area (Å²) < 4.78 is 12.8. The highest BCUT2D eigenvalue weighted by Gasteiger charge is 2.53. The summed E-state index contributed by atoms with van der Waals surface area (Å²) in [6.07, 6.45) is 9.82. The quantitative estimate of drug-likeness (QED) is 0.617. The second-order valence-corrected chi connectivity index (χ2v) is 10.4. The molecule has 4 aliphatic rings. The van der Waals surface area contributed by atoms with Crippen LogP contribution < -0.4 is 5.32 Å². The maximum absolute atomic E-state index is 12.8. The van der Waals surface area contributed by atoms with E-state index in [1.54, 1.807) is 6.07 Å². The average molecular weight is 474 g/mol. The lowest BCUT2D eigenvalue weighted by molar-refractivity contribution is -0.129. The normalized spacial score (nSPS) is 22.8. The van der Waals surface area contributed by atoms with Crippen molar-refractivity contribution in [2.45, 2.75) is 89.5 Å². The maximum Gasteiger partial charge on any atom is 0.255 e. The van der Waals surface area contributed by atoms with Gasteiger partial charge in [-0.15, -0.1) is 0 Å². The largest absolute Gasteiger partial charge is 0.508 e. The molecular formula is C26H36FN3O4. The molecular weight excluding hydrogens is 437 g/mol. The Morgan fingerprint density at radius 2 is 1.97 bits per heavy atom. The second kappa shape index (κ2) is 10.4. The number of carbonyl (C=O) groups is 3. The van der Waals surface area contributed by atoms with Crippen LogP contribution in [0.15, 0.2) is 18.2 Å². The summed E-state index contributed by atoms with van der Waals surface area (Å²) in [6, 6.07) is 4.70. The van der Waals surface area contributed by atoms with Crippen molar-refractivity contribution in [1.29, 1.82) is 0 Å². The number of amides is 3. The van der Waals surface area contributed by atoms with Gasteiger partial charge in [0.1, 0.15) is 18.0 Å². The molecule has 0 bridgehead atoms. The molecule has 2 saturated carbocycles. The van der Waals surface area contributed by atoms with Crippen molar-refractivity contribution in [3.8, 4) is 5.75 Å². The van der Waals surface area contributed by atoms with Crippen molar-refractivity contribution in [2.24, 2.45) is 5.41 Å². The number of nitrogens with zero attached hydrogens (tertiary/aromatic N) is 2. The van der Waals surface area contributed by atoms with E-state index in [-0.39, 0.29) is 18.2 Å². The molecule has 34 heavy (non-hydrogen) atoms. The van der Waals surface area contributed by atoms with E-state index in [1.807, 2.05) is 6.92 Å². The fourth-order valence-corrected chi connectivity index (χ4v) is 6.10. The fourth-order valence-electron chi connectivity index (χ4n) is 6.10. The van der Waals surface area contributed by atoms with Crippen LogP contribution in [0.1, 0.15) is 80.6 Å². The van der Waals surface area contributed by atoms with Gasteiger partial charge in [-0.1, -0.05) is 32.6 Å². The summed E-state index contributed by atoms with van der Waals surface area (Å²) in [5, 5.41) is 11.6. The molecule has 2 aliphatic carbocycles. The zero-order valence-electron chi connectivity index (χ0n) is 20.0. The van der Waals surface area contributed by atoms with Crippen LogP contribution >= 0.6 is 0 Å². The molecule has 0 aromatic heterocycles. The average Bonchev–Trinajstić information content (AvgIpc) is 3.10. The summed E-state index contributed by atoms with van der Waals surface area (Å²) in [4.78, 5) is 38.7. The van der Waals surface area contributed by atoms with Crippen LogP contribution in [0.5, 0.6) is 5.75 Å². The van der Waals surface area contributed by atoms with Crippen LogP contribution in [0.3, 0.4) is 0 Å². The Bertz CT molecular complexity index is 903. The monoisotopic (exact) mass is 473 g/mol. The molecule has 2 aliphatic heterocycles. The molecule has 3 fully saturated rings. The minimum Gasteiger partial charge on any atom is -0.508 e. The molecule has 1 spiro atoms. The molecule has 2 N–H and O–H groups in total. The summed E-state index contributed by atoms with van der Waals surface area (Å²) in [6.45, 7) is 4.58. The molecule has 7 nitrogen and oxygen atoms in total. The lowest BCUT2D eigenvalue weighted by atomic mass is 9.62. The maximum atomic E-state index is 12.8. The highest BCUT2D eigenvalue weighted by atomic mass is 19.1. The highest BCUT2D eigenvalue weighted by molar-refractivity contribution is 6.02. The Balaban J connectivity index is 0.000000170. The van der Waals surface area contributed by atoms with Gasteiger partial charge >= 0.3 is 0 Å². The zero-order valence-corrected chi connectivity index (χ0v) is 20.0. The number of nitrogens with one attached hydrogen (secondary N) is 1. The number of rotatable bonds is 6. The molecule has 1 unspecified atom stereocenters. The molecule has 1 atom stereocenters. The molecule has 8 heteroatoms. The highest BCUT2D eigenvalue weighted by Crippen LogP contribution is 2.51. The van der Waals surface area contributed by atoms with Crippen LogP contribution in [0.25, 0.3) is 0 Å². The lowest BCUT2D eigenvalue weighted by Crippen LogP contribution is -2.65. The first-order valence-corrected chi connectivity index (χ1v) is 12.6. The van der Waals surface area contributed by atoms with Crippen molar-refractivity contribution < 1.29 is 23.9 Å². The topological polar surface area (TPSA) is 90.0 Å². The number of alkyl halides is 1. The first-order valence-electron chi connectivity index (χ1n) is 12.6. The lowest BCUT2D eigenvalue weighted by Gasteiger charge is -2.59. The first kappa shape index (κ1) is 24.6. The number of fused-ring (bicyclic) bond motifs is 1. The van der Waals surface area contributed by atoms with Crippen LogP contribution in [0, 0.1) is 5.41 Å². The van der Waals surface area contributed by atoms with Gasteiger partial charge in [0, 0.05) is 36.7 Å². The zero-order chi connectivity index (χ0) is 24.3. The van der Waals surface area contributed by atoms with Gasteiger partial charge in [-0.05, 0) is 55.9 Å².